The van der Waals surface area contributed by atoms with E-state index in [2.05, 4.69) is 22.2 Å². The Kier molecular flexibility index (Phi) is 5.74. The third-order valence-corrected chi connectivity index (χ3v) is 5.41. The lowest BCUT2D eigenvalue weighted by Crippen LogP contribution is -2.56. The second-order valence-corrected chi connectivity index (χ2v) is 7.66. The van der Waals surface area contributed by atoms with Crippen LogP contribution in [0.5, 0.6) is 0 Å². The summed E-state index contributed by atoms with van der Waals surface area (Å²) >= 11 is 0. The van der Waals surface area contributed by atoms with E-state index in [1.54, 1.807) is 12.4 Å². The van der Waals surface area contributed by atoms with E-state index in [0.717, 1.165) is 50.2 Å². The zero-order chi connectivity index (χ0) is 18.6. The average molecular weight is 359 g/mol. The van der Waals surface area contributed by atoms with E-state index in [1.807, 2.05) is 16.7 Å². The maximum absolute atomic E-state index is 12.4. The first-order chi connectivity index (χ1) is 12.5. The Labute approximate surface area is 155 Å². The van der Waals surface area contributed by atoms with Crippen LogP contribution >= 0.6 is 0 Å². The second-order valence-electron chi connectivity index (χ2n) is 7.66. The fraction of sp³-hybridized carbons (Fsp3) is 0.684. The van der Waals surface area contributed by atoms with Crippen molar-refractivity contribution in [1.82, 2.24) is 25.1 Å². The first-order valence-electron chi connectivity index (χ1n) is 9.59. The number of aromatic nitrogens is 2. The standard InChI is InChI=1S/C19H29N5O2/c1-3-8-20-18(26)23-9-4-6-19(13-23)7-5-17(25)24(14-19)12-16-11-21-15(2)10-22-16/h10-11H,3-9,12-14H2,1-2H3,(H,20,26)/t19-/m1/s1. The van der Waals surface area contributed by atoms with Gasteiger partial charge in [0.15, 0.2) is 0 Å². The van der Waals surface area contributed by atoms with Crippen LogP contribution in [0.4, 0.5) is 4.79 Å². The van der Waals surface area contributed by atoms with Crippen molar-refractivity contribution < 1.29 is 9.59 Å². The number of carbonyl (C=O) groups is 2. The van der Waals surface area contributed by atoms with Gasteiger partial charge in [-0.15, -0.1) is 0 Å². The number of amides is 3. The molecule has 0 radical (unpaired) electrons. The molecule has 1 aromatic rings. The molecular weight excluding hydrogens is 330 g/mol. The van der Waals surface area contributed by atoms with E-state index in [1.165, 1.54) is 0 Å². The average Bonchev–Trinajstić information content (AvgIpc) is 2.65. The van der Waals surface area contributed by atoms with Crippen LogP contribution in [-0.4, -0.2) is 57.9 Å². The van der Waals surface area contributed by atoms with Crippen molar-refractivity contribution in [3.05, 3.63) is 23.8 Å². The summed E-state index contributed by atoms with van der Waals surface area (Å²) in [6, 6.07) is 0.0266. The Morgan fingerprint density at radius 3 is 2.85 bits per heavy atom. The number of aryl methyl sites for hydroxylation is 1. The molecule has 142 valence electrons. The van der Waals surface area contributed by atoms with Gasteiger partial charge in [0, 0.05) is 44.2 Å². The molecule has 0 aliphatic carbocycles. The molecule has 0 aromatic carbocycles. The van der Waals surface area contributed by atoms with E-state index in [-0.39, 0.29) is 17.4 Å². The van der Waals surface area contributed by atoms with E-state index in [9.17, 15) is 9.59 Å². The predicted octanol–water partition coefficient (Wildman–Crippen LogP) is 2.11. The number of likely N-dealkylation sites (tertiary alicyclic amines) is 2. The number of urea groups is 1. The molecule has 0 bridgehead atoms. The number of nitrogens with zero attached hydrogens (tertiary/aromatic N) is 4. The summed E-state index contributed by atoms with van der Waals surface area (Å²) in [6.45, 7) is 7.38. The Bertz CT molecular complexity index is 648. The highest BCUT2D eigenvalue weighted by Crippen LogP contribution is 2.39. The molecule has 1 N–H and O–H groups in total. The van der Waals surface area contributed by atoms with Crippen LogP contribution in [0.25, 0.3) is 0 Å². The quantitative estimate of drug-likeness (QED) is 0.893. The monoisotopic (exact) mass is 359 g/mol. The molecule has 7 nitrogen and oxygen atoms in total. The molecule has 0 unspecified atom stereocenters. The van der Waals surface area contributed by atoms with Gasteiger partial charge < -0.3 is 15.1 Å². The molecular formula is C19H29N5O2. The molecule has 2 aliphatic rings. The number of piperidine rings is 2. The van der Waals surface area contributed by atoms with Gasteiger partial charge in [-0.3, -0.25) is 14.8 Å². The maximum atomic E-state index is 12.4. The molecule has 2 saturated heterocycles. The van der Waals surface area contributed by atoms with Crippen LogP contribution in [0.3, 0.4) is 0 Å². The SMILES string of the molecule is CCCNC(=O)N1CCC[C@@]2(CCC(=O)N(Cc3cnc(C)cn3)C2)C1. The first-order valence-corrected chi connectivity index (χ1v) is 9.59. The number of rotatable bonds is 4. The molecule has 7 heteroatoms. The summed E-state index contributed by atoms with van der Waals surface area (Å²) in [6.07, 6.45) is 7.88. The topological polar surface area (TPSA) is 78.4 Å². The van der Waals surface area contributed by atoms with Gasteiger partial charge in [-0.25, -0.2) is 4.79 Å². The summed E-state index contributed by atoms with van der Waals surface area (Å²) in [5, 5.41) is 2.98. The van der Waals surface area contributed by atoms with E-state index in [4.69, 9.17) is 0 Å². The van der Waals surface area contributed by atoms with Crippen molar-refractivity contribution in [2.24, 2.45) is 5.41 Å². The maximum Gasteiger partial charge on any atom is 0.317 e. The number of nitrogens with one attached hydrogen (secondary N) is 1. The summed E-state index contributed by atoms with van der Waals surface area (Å²) in [5.41, 5.74) is 1.69. The highest BCUT2D eigenvalue weighted by Gasteiger charge is 2.42. The third kappa shape index (κ3) is 4.31. The van der Waals surface area contributed by atoms with Crippen molar-refractivity contribution in [3.63, 3.8) is 0 Å². The van der Waals surface area contributed by atoms with Gasteiger partial charge >= 0.3 is 6.03 Å². The molecule has 3 rings (SSSR count). The van der Waals surface area contributed by atoms with Gasteiger partial charge in [0.1, 0.15) is 0 Å². The lowest BCUT2D eigenvalue weighted by atomic mass is 9.73. The van der Waals surface area contributed by atoms with Crippen molar-refractivity contribution in [3.8, 4) is 0 Å². The Balaban J connectivity index is 1.66. The minimum absolute atomic E-state index is 0.00778. The van der Waals surface area contributed by atoms with Crippen LogP contribution < -0.4 is 5.32 Å². The minimum atomic E-state index is 0.00778. The molecule has 26 heavy (non-hydrogen) atoms. The molecule has 2 fully saturated rings. The Hall–Kier alpha value is -2.18. The third-order valence-electron chi connectivity index (χ3n) is 5.41. The van der Waals surface area contributed by atoms with Gasteiger partial charge in [0.05, 0.1) is 24.1 Å². The second kappa shape index (κ2) is 8.01. The largest absolute Gasteiger partial charge is 0.338 e. The predicted molar refractivity (Wildman–Crippen MR) is 98.3 cm³/mol. The lowest BCUT2D eigenvalue weighted by Gasteiger charge is -2.48. The zero-order valence-electron chi connectivity index (χ0n) is 15.8. The van der Waals surface area contributed by atoms with Gasteiger partial charge in [0.2, 0.25) is 5.91 Å². The first kappa shape index (κ1) is 18.6. The number of hydrogen-bond donors (Lipinski definition) is 1. The molecule has 3 heterocycles. The van der Waals surface area contributed by atoms with E-state index < -0.39 is 0 Å². The van der Waals surface area contributed by atoms with E-state index in [0.29, 0.717) is 26.1 Å². The zero-order valence-corrected chi connectivity index (χ0v) is 15.8. The van der Waals surface area contributed by atoms with Gasteiger partial charge in [-0.05, 0) is 32.6 Å². The summed E-state index contributed by atoms with van der Waals surface area (Å²) in [5.74, 6) is 0.172. The summed E-state index contributed by atoms with van der Waals surface area (Å²) in [7, 11) is 0. The molecule has 1 atom stereocenters. The lowest BCUT2D eigenvalue weighted by molar-refractivity contribution is -0.139. The Morgan fingerprint density at radius 1 is 1.27 bits per heavy atom. The van der Waals surface area contributed by atoms with Crippen molar-refractivity contribution >= 4 is 11.9 Å². The fourth-order valence-corrected chi connectivity index (χ4v) is 4.00. The van der Waals surface area contributed by atoms with Gasteiger partial charge in [0.25, 0.3) is 0 Å². The van der Waals surface area contributed by atoms with Gasteiger partial charge in [-0.1, -0.05) is 6.92 Å². The molecule has 3 amide bonds. The highest BCUT2D eigenvalue weighted by molar-refractivity contribution is 5.77. The number of carbonyl (C=O) groups excluding carboxylic acids is 2. The Morgan fingerprint density at radius 2 is 2.12 bits per heavy atom. The van der Waals surface area contributed by atoms with Crippen LogP contribution in [0.1, 0.15) is 50.4 Å². The van der Waals surface area contributed by atoms with Crippen molar-refractivity contribution in [2.75, 3.05) is 26.2 Å². The van der Waals surface area contributed by atoms with Gasteiger partial charge in [-0.2, -0.15) is 0 Å². The van der Waals surface area contributed by atoms with Crippen molar-refractivity contribution in [1.29, 1.82) is 0 Å². The molecule has 0 saturated carbocycles. The smallest absolute Gasteiger partial charge is 0.317 e. The van der Waals surface area contributed by atoms with Crippen LogP contribution in [-0.2, 0) is 11.3 Å². The number of hydrogen-bond acceptors (Lipinski definition) is 4. The molecule has 1 spiro atoms. The van der Waals surface area contributed by atoms with E-state index >= 15 is 0 Å². The minimum Gasteiger partial charge on any atom is -0.338 e. The van der Waals surface area contributed by atoms with Crippen LogP contribution in [0.15, 0.2) is 12.4 Å². The summed E-state index contributed by atoms with van der Waals surface area (Å²) < 4.78 is 0. The highest BCUT2D eigenvalue weighted by atomic mass is 16.2. The van der Waals surface area contributed by atoms with Crippen LogP contribution in [0, 0.1) is 12.3 Å². The molecule has 2 aliphatic heterocycles. The fourth-order valence-electron chi connectivity index (χ4n) is 4.00. The normalized spacial score (nSPS) is 23.4. The summed E-state index contributed by atoms with van der Waals surface area (Å²) in [4.78, 5) is 37.3. The van der Waals surface area contributed by atoms with Crippen molar-refractivity contribution in [2.45, 2.75) is 52.5 Å². The van der Waals surface area contributed by atoms with Crippen LogP contribution in [0.2, 0.25) is 0 Å². The molecule has 1 aromatic heterocycles.